The molecule has 1 N–H and O–H groups in total. The zero-order valence-electron chi connectivity index (χ0n) is 14.5. The average Bonchev–Trinajstić information content (AvgIpc) is 3.15. The molecule has 0 saturated carbocycles. The summed E-state index contributed by atoms with van der Waals surface area (Å²) in [6.45, 7) is 3.70. The van der Waals surface area contributed by atoms with Gasteiger partial charge in [0.15, 0.2) is 6.61 Å². The first-order valence-corrected chi connectivity index (χ1v) is 8.31. The van der Waals surface area contributed by atoms with Gasteiger partial charge in [-0.2, -0.15) is 4.98 Å². The van der Waals surface area contributed by atoms with E-state index in [2.05, 4.69) is 20.2 Å². The van der Waals surface area contributed by atoms with Crippen LogP contribution in [0.15, 0.2) is 30.3 Å². The maximum atomic E-state index is 12.0. The highest BCUT2D eigenvalue weighted by Crippen LogP contribution is 2.20. The standard InChI is InChI=1S/C18H22N4O3/c1-13-11-17(21-18(19-13)22-9-3-4-10-22)25-12-16(23)20-14-5-7-15(24-2)8-6-14/h5-8,11H,3-4,9-10,12H2,1-2H3,(H,20,23). The Morgan fingerprint density at radius 2 is 1.92 bits per heavy atom. The van der Waals surface area contributed by atoms with Crippen molar-refractivity contribution in [3.63, 3.8) is 0 Å². The Bertz CT molecular complexity index is 728. The van der Waals surface area contributed by atoms with Gasteiger partial charge in [-0.25, -0.2) is 4.98 Å². The second-order valence-electron chi connectivity index (χ2n) is 5.91. The highest BCUT2D eigenvalue weighted by atomic mass is 16.5. The maximum absolute atomic E-state index is 12.0. The number of hydrogen-bond donors (Lipinski definition) is 1. The average molecular weight is 342 g/mol. The number of benzene rings is 1. The van der Waals surface area contributed by atoms with Gasteiger partial charge in [-0.05, 0) is 44.0 Å². The molecule has 1 amide bonds. The molecule has 25 heavy (non-hydrogen) atoms. The first-order chi connectivity index (χ1) is 12.1. The van der Waals surface area contributed by atoms with E-state index >= 15 is 0 Å². The van der Waals surface area contributed by atoms with E-state index in [0.29, 0.717) is 17.5 Å². The lowest BCUT2D eigenvalue weighted by molar-refractivity contribution is -0.118. The van der Waals surface area contributed by atoms with Gasteiger partial charge < -0.3 is 19.7 Å². The molecule has 132 valence electrons. The van der Waals surface area contributed by atoms with Crippen LogP contribution in [0.3, 0.4) is 0 Å². The molecule has 1 aliphatic heterocycles. The largest absolute Gasteiger partial charge is 0.497 e. The summed E-state index contributed by atoms with van der Waals surface area (Å²) < 4.78 is 10.6. The topological polar surface area (TPSA) is 76.6 Å². The van der Waals surface area contributed by atoms with E-state index in [1.165, 1.54) is 0 Å². The van der Waals surface area contributed by atoms with Crippen molar-refractivity contribution in [1.29, 1.82) is 0 Å². The molecule has 1 aromatic carbocycles. The summed E-state index contributed by atoms with van der Waals surface area (Å²) in [5.41, 5.74) is 1.51. The van der Waals surface area contributed by atoms with Crippen LogP contribution in [0.2, 0.25) is 0 Å². The van der Waals surface area contributed by atoms with Crippen molar-refractivity contribution in [3.05, 3.63) is 36.0 Å². The second kappa shape index (κ2) is 7.83. The Morgan fingerprint density at radius 3 is 2.60 bits per heavy atom. The van der Waals surface area contributed by atoms with Crippen molar-refractivity contribution in [2.24, 2.45) is 0 Å². The van der Waals surface area contributed by atoms with E-state index in [-0.39, 0.29) is 12.5 Å². The number of rotatable bonds is 6. The van der Waals surface area contributed by atoms with Crippen molar-refractivity contribution in [2.75, 3.05) is 37.0 Å². The van der Waals surface area contributed by atoms with E-state index < -0.39 is 0 Å². The molecule has 3 rings (SSSR count). The minimum atomic E-state index is -0.246. The summed E-state index contributed by atoms with van der Waals surface area (Å²) in [4.78, 5) is 23.0. The molecule has 0 atom stereocenters. The molecule has 0 unspecified atom stereocenters. The predicted octanol–water partition coefficient (Wildman–Crippen LogP) is 2.41. The van der Waals surface area contributed by atoms with E-state index in [4.69, 9.17) is 9.47 Å². The SMILES string of the molecule is COc1ccc(NC(=O)COc2cc(C)nc(N3CCCC3)n2)cc1. The van der Waals surface area contributed by atoms with Crippen LogP contribution in [0.1, 0.15) is 18.5 Å². The van der Waals surface area contributed by atoms with Gasteiger partial charge in [-0.15, -0.1) is 0 Å². The summed E-state index contributed by atoms with van der Waals surface area (Å²) in [5.74, 6) is 1.58. The van der Waals surface area contributed by atoms with E-state index in [1.54, 1.807) is 37.4 Å². The normalized spacial score (nSPS) is 13.6. The minimum Gasteiger partial charge on any atom is -0.497 e. The zero-order valence-corrected chi connectivity index (χ0v) is 14.5. The molecular weight excluding hydrogens is 320 g/mol. The molecule has 1 saturated heterocycles. The van der Waals surface area contributed by atoms with Crippen LogP contribution in [-0.4, -0.2) is 42.7 Å². The second-order valence-corrected chi connectivity index (χ2v) is 5.91. The molecule has 1 aromatic heterocycles. The van der Waals surface area contributed by atoms with Crippen molar-refractivity contribution in [1.82, 2.24) is 9.97 Å². The van der Waals surface area contributed by atoms with Gasteiger partial charge in [0.25, 0.3) is 5.91 Å². The number of carbonyl (C=O) groups excluding carboxylic acids is 1. The fraction of sp³-hybridized carbons (Fsp3) is 0.389. The molecule has 0 bridgehead atoms. The molecule has 1 fully saturated rings. The Morgan fingerprint density at radius 1 is 1.20 bits per heavy atom. The number of methoxy groups -OCH3 is 1. The molecule has 0 radical (unpaired) electrons. The molecular formula is C18H22N4O3. The quantitative estimate of drug-likeness (QED) is 0.869. The molecule has 2 heterocycles. The van der Waals surface area contributed by atoms with E-state index in [0.717, 1.165) is 37.4 Å². The molecule has 1 aliphatic rings. The fourth-order valence-electron chi connectivity index (χ4n) is 2.67. The number of nitrogens with zero attached hydrogens (tertiary/aromatic N) is 3. The molecule has 7 nitrogen and oxygen atoms in total. The van der Waals surface area contributed by atoms with Gasteiger partial charge in [0, 0.05) is 30.5 Å². The van der Waals surface area contributed by atoms with Gasteiger partial charge in [0.1, 0.15) is 5.75 Å². The Balaban J connectivity index is 1.57. The summed E-state index contributed by atoms with van der Waals surface area (Å²) in [6.07, 6.45) is 2.30. The van der Waals surface area contributed by atoms with Gasteiger partial charge in [0.05, 0.1) is 7.11 Å². The van der Waals surface area contributed by atoms with Gasteiger partial charge >= 0.3 is 0 Å². The number of hydrogen-bond acceptors (Lipinski definition) is 6. The third-order valence-corrected chi connectivity index (χ3v) is 3.93. The number of aryl methyl sites for hydroxylation is 1. The van der Waals surface area contributed by atoms with E-state index in [1.807, 2.05) is 6.92 Å². The van der Waals surface area contributed by atoms with Crippen molar-refractivity contribution >= 4 is 17.5 Å². The number of nitrogens with one attached hydrogen (secondary N) is 1. The Hall–Kier alpha value is -2.83. The Kier molecular flexibility index (Phi) is 5.33. The highest BCUT2D eigenvalue weighted by Gasteiger charge is 2.16. The molecule has 7 heteroatoms. The third kappa shape index (κ3) is 4.59. The van der Waals surface area contributed by atoms with Crippen LogP contribution >= 0.6 is 0 Å². The monoisotopic (exact) mass is 342 g/mol. The third-order valence-electron chi connectivity index (χ3n) is 3.93. The lowest BCUT2D eigenvalue weighted by Crippen LogP contribution is -2.23. The number of carbonyl (C=O) groups is 1. The minimum absolute atomic E-state index is 0.109. The Labute approximate surface area is 147 Å². The summed E-state index contributed by atoms with van der Waals surface area (Å²) in [7, 11) is 1.60. The predicted molar refractivity (Wildman–Crippen MR) is 95.3 cm³/mol. The first-order valence-electron chi connectivity index (χ1n) is 8.31. The van der Waals surface area contributed by atoms with Gasteiger partial charge in [0.2, 0.25) is 11.8 Å². The number of aromatic nitrogens is 2. The smallest absolute Gasteiger partial charge is 0.262 e. The van der Waals surface area contributed by atoms with Crippen LogP contribution in [0, 0.1) is 6.92 Å². The zero-order chi connectivity index (χ0) is 17.6. The lowest BCUT2D eigenvalue weighted by Gasteiger charge is -2.16. The number of ether oxygens (including phenoxy) is 2. The van der Waals surface area contributed by atoms with Gasteiger partial charge in [-0.3, -0.25) is 4.79 Å². The van der Waals surface area contributed by atoms with Crippen LogP contribution < -0.4 is 19.7 Å². The first kappa shape index (κ1) is 17.0. The molecule has 0 spiro atoms. The summed E-state index contributed by atoms with van der Waals surface area (Å²) in [6, 6.07) is 8.85. The van der Waals surface area contributed by atoms with Crippen LogP contribution in [0.25, 0.3) is 0 Å². The van der Waals surface area contributed by atoms with Crippen LogP contribution in [-0.2, 0) is 4.79 Å². The van der Waals surface area contributed by atoms with Crippen molar-refractivity contribution < 1.29 is 14.3 Å². The van der Waals surface area contributed by atoms with Gasteiger partial charge in [-0.1, -0.05) is 0 Å². The fourth-order valence-corrected chi connectivity index (χ4v) is 2.67. The van der Waals surface area contributed by atoms with E-state index in [9.17, 15) is 4.79 Å². The number of amides is 1. The van der Waals surface area contributed by atoms with Crippen molar-refractivity contribution in [2.45, 2.75) is 19.8 Å². The summed E-state index contributed by atoms with van der Waals surface area (Å²) >= 11 is 0. The summed E-state index contributed by atoms with van der Waals surface area (Å²) in [5, 5.41) is 2.77. The highest BCUT2D eigenvalue weighted by molar-refractivity contribution is 5.91. The molecule has 2 aromatic rings. The van der Waals surface area contributed by atoms with Crippen LogP contribution in [0.4, 0.5) is 11.6 Å². The maximum Gasteiger partial charge on any atom is 0.262 e. The number of anilines is 2. The van der Waals surface area contributed by atoms with Crippen LogP contribution in [0.5, 0.6) is 11.6 Å². The van der Waals surface area contributed by atoms with Crippen molar-refractivity contribution in [3.8, 4) is 11.6 Å². The lowest BCUT2D eigenvalue weighted by atomic mass is 10.3. The molecule has 0 aliphatic carbocycles.